The molecule has 0 bridgehead atoms. The molecule has 1 spiro atoms. The van der Waals surface area contributed by atoms with Crippen LogP contribution in [0.4, 0.5) is 23.8 Å². The maximum Gasteiger partial charge on any atom is 0.451 e. The van der Waals surface area contributed by atoms with Crippen LogP contribution in [0.2, 0.25) is 0 Å². The third-order valence-electron chi connectivity index (χ3n) is 4.26. The molecule has 0 saturated carbocycles. The molecule has 2 aliphatic heterocycles. The Morgan fingerprint density at radius 2 is 2.05 bits per heavy atom. The summed E-state index contributed by atoms with van der Waals surface area (Å²) in [6, 6.07) is 0. The van der Waals surface area contributed by atoms with Crippen molar-refractivity contribution in [1.29, 1.82) is 0 Å². The Hall–Kier alpha value is -2.06. The Bertz CT molecular complexity index is 614. The average Bonchev–Trinajstić information content (AvgIpc) is 2.82. The van der Waals surface area contributed by atoms with Crippen molar-refractivity contribution in [3.63, 3.8) is 0 Å². The predicted octanol–water partition coefficient (Wildman–Crippen LogP) is 1.99. The number of carbonyl (C=O) groups is 1. The number of hydrogen-bond acceptors (Lipinski definition) is 4. The minimum Gasteiger partial charge on any atom is -0.465 e. The van der Waals surface area contributed by atoms with Crippen LogP contribution in [-0.4, -0.2) is 52.2 Å². The van der Waals surface area contributed by atoms with Crippen LogP contribution in [0.5, 0.6) is 0 Å². The van der Waals surface area contributed by atoms with E-state index in [1.54, 1.807) is 11.8 Å². The van der Waals surface area contributed by atoms with Gasteiger partial charge in [-0.3, -0.25) is 0 Å². The van der Waals surface area contributed by atoms with Crippen molar-refractivity contribution in [3.05, 3.63) is 17.6 Å². The molecule has 120 valence electrons. The number of halogens is 3. The maximum absolute atomic E-state index is 12.7. The maximum atomic E-state index is 12.7. The van der Waals surface area contributed by atoms with E-state index in [9.17, 15) is 18.0 Å². The van der Waals surface area contributed by atoms with Gasteiger partial charge in [-0.2, -0.15) is 13.2 Å². The Labute approximate surface area is 124 Å². The second-order valence-electron chi connectivity index (χ2n) is 6.01. The molecule has 0 unspecified atom stereocenters. The second kappa shape index (κ2) is 4.72. The molecule has 0 atom stereocenters. The van der Waals surface area contributed by atoms with E-state index in [4.69, 9.17) is 5.11 Å². The van der Waals surface area contributed by atoms with Gasteiger partial charge in [0, 0.05) is 43.4 Å². The molecule has 0 aliphatic carbocycles. The molecular weight excluding hydrogens is 301 g/mol. The van der Waals surface area contributed by atoms with Crippen LogP contribution in [-0.2, 0) is 6.18 Å². The van der Waals surface area contributed by atoms with E-state index in [2.05, 4.69) is 9.97 Å². The first-order valence-corrected chi connectivity index (χ1v) is 6.84. The number of aromatic nitrogens is 2. The standard InChI is InChI=1S/C13H15F3N4O2/c1-8-4-17-10(13(14,15)16)18-9(8)20-6-12(7-20)2-3-19(5-12)11(21)22/h4H,2-3,5-7H2,1H3,(H,21,22). The molecule has 2 aliphatic rings. The highest BCUT2D eigenvalue weighted by Crippen LogP contribution is 2.42. The summed E-state index contributed by atoms with van der Waals surface area (Å²) in [4.78, 5) is 21.0. The SMILES string of the molecule is Cc1cnc(C(F)(F)F)nc1N1CC2(CCN(C(=O)O)C2)C1. The van der Waals surface area contributed by atoms with Crippen LogP contribution in [0.25, 0.3) is 0 Å². The number of hydrogen-bond donors (Lipinski definition) is 1. The lowest BCUT2D eigenvalue weighted by Crippen LogP contribution is -2.58. The first kappa shape index (κ1) is 14.9. The van der Waals surface area contributed by atoms with E-state index in [0.29, 0.717) is 31.7 Å². The fraction of sp³-hybridized carbons (Fsp3) is 0.615. The van der Waals surface area contributed by atoms with Gasteiger partial charge in [0.25, 0.3) is 0 Å². The number of alkyl halides is 3. The lowest BCUT2D eigenvalue weighted by molar-refractivity contribution is -0.144. The zero-order valence-electron chi connectivity index (χ0n) is 11.9. The Balaban J connectivity index is 1.74. The molecule has 0 radical (unpaired) electrons. The van der Waals surface area contributed by atoms with Gasteiger partial charge in [0.05, 0.1) is 0 Å². The van der Waals surface area contributed by atoms with Crippen LogP contribution in [0.3, 0.4) is 0 Å². The summed E-state index contributed by atoms with van der Waals surface area (Å²) in [5.41, 5.74) is 0.421. The molecule has 3 heterocycles. The third-order valence-corrected chi connectivity index (χ3v) is 4.26. The molecule has 0 aromatic carbocycles. The Morgan fingerprint density at radius 3 is 2.59 bits per heavy atom. The van der Waals surface area contributed by atoms with E-state index in [1.165, 1.54) is 11.1 Å². The number of aryl methyl sites for hydroxylation is 1. The molecule has 6 nitrogen and oxygen atoms in total. The summed E-state index contributed by atoms with van der Waals surface area (Å²) in [7, 11) is 0. The van der Waals surface area contributed by atoms with Crippen LogP contribution in [0, 0.1) is 12.3 Å². The van der Waals surface area contributed by atoms with Gasteiger partial charge in [-0.15, -0.1) is 0 Å². The lowest BCUT2D eigenvalue weighted by Gasteiger charge is -2.49. The van der Waals surface area contributed by atoms with Crippen molar-refractivity contribution in [2.24, 2.45) is 5.41 Å². The van der Waals surface area contributed by atoms with Crippen molar-refractivity contribution >= 4 is 11.9 Å². The van der Waals surface area contributed by atoms with Crippen molar-refractivity contribution < 1.29 is 23.1 Å². The van der Waals surface area contributed by atoms with Gasteiger partial charge < -0.3 is 14.9 Å². The molecule has 1 aromatic heterocycles. The fourth-order valence-corrected chi connectivity index (χ4v) is 3.16. The number of rotatable bonds is 1. The summed E-state index contributed by atoms with van der Waals surface area (Å²) in [6.07, 6.45) is -3.62. The second-order valence-corrected chi connectivity index (χ2v) is 6.01. The van der Waals surface area contributed by atoms with Crippen LogP contribution >= 0.6 is 0 Å². The van der Waals surface area contributed by atoms with Gasteiger partial charge in [0.1, 0.15) is 5.82 Å². The van der Waals surface area contributed by atoms with Gasteiger partial charge in [-0.25, -0.2) is 14.8 Å². The molecule has 2 saturated heterocycles. The average molecular weight is 316 g/mol. The highest BCUT2D eigenvalue weighted by atomic mass is 19.4. The molecule has 9 heteroatoms. The fourth-order valence-electron chi connectivity index (χ4n) is 3.16. The number of carboxylic acid groups (broad SMARTS) is 1. The topological polar surface area (TPSA) is 69.6 Å². The first-order valence-electron chi connectivity index (χ1n) is 6.84. The minimum absolute atomic E-state index is 0.159. The van der Waals surface area contributed by atoms with E-state index in [-0.39, 0.29) is 11.2 Å². The summed E-state index contributed by atoms with van der Waals surface area (Å²) >= 11 is 0. The molecule has 2 fully saturated rings. The van der Waals surface area contributed by atoms with Crippen molar-refractivity contribution in [3.8, 4) is 0 Å². The molecule has 1 N–H and O–H groups in total. The van der Waals surface area contributed by atoms with Gasteiger partial charge in [-0.05, 0) is 13.3 Å². The molecule has 1 amide bonds. The quantitative estimate of drug-likeness (QED) is 0.858. The predicted molar refractivity (Wildman–Crippen MR) is 70.6 cm³/mol. The van der Waals surface area contributed by atoms with Gasteiger partial charge >= 0.3 is 12.3 Å². The van der Waals surface area contributed by atoms with Crippen molar-refractivity contribution in [1.82, 2.24) is 14.9 Å². The smallest absolute Gasteiger partial charge is 0.451 e. The van der Waals surface area contributed by atoms with Crippen LogP contribution in [0.15, 0.2) is 6.20 Å². The number of amides is 1. The van der Waals surface area contributed by atoms with Gasteiger partial charge in [-0.1, -0.05) is 0 Å². The first-order chi connectivity index (χ1) is 10.2. The monoisotopic (exact) mass is 316 g/mol. The number of likely N-dealkylation sites (tertiary alicyclic amines) is 1. The summed E-state index contributed by atoms with van der Waals surface area (Å²) < 4.78 is 38.1. The Morgan fingerprint density at radius 1 is 1.36 bits per heavy atom. The molecule has 3 rings (SSSR count). The number of nitrogens with zero attached hydrogens (tertiary/aromatic N) is 4. The molecule has 1 aromatic rings. The van der Waals surface area contributed by atoms with E-state index in [0.717, 1.165) is 6.42 Å². The van der Waals surface area contributed by atoms with E-state index in [1.807, 2.05) is 0 Å². The number of anilines is 1. The highest BCUT2D eigenvalue weighted by molar-refractivity contribution is 5.65. The van der Waals surface area contributed by atoms with Crippen molar-refractivity contribution in [2.75, 3.05) is 31.1 Å². The summed E-state index contributed by atoms with van der Waals surface area (Å²) in [5, 5.41) is 8.98. The highest BCUT2D eigenvalue weighted by Gasteiger charge is 2.49. The molecular formula is C13H15F3N4O2. The zero-order valence-corrected chi connectivity index (χ0v) is 11.9. The largest absolute Gasteiger partial charge is 0.465 e. The van der Waals surface area contributed by atoms with Gasteiger partial charge in [0.15, 0.2) is 0 Å². The normalized spacial score (nSPS) is 20.4. The zero-order chi connectivity index (χ0) is 16.1. The van der Waals surface area contributed by atoms with Crippen LogP contribution in [0.1, 0.15) is 17.8 Å². The lowest BCUT2D eigenvalue weighted by atomic mass is 9.79. The molecule has 22 heavy (non-hydrogen) atoms. The van der Waals surface area contributed by atoms with Crippen molar-refractivity contribution in [2.45, 2.75) is 19.5 Å². The van der Waals surface area contributed by atoms with E-state index < -0.39 is 18.1 Å². The van der Waals surface area contributed by atoms with Gasteiger partial charge in [0.2, 0.25) is 5.82 Å². The van der Waals surface area contributed by atoms with E-state index >= 15 is 0 Å². The Kier molecular flexibility index (Phi) is 3.19. The summed E-state index contributed by atoms with van der Waals surface area (Å²) in [6.45, 7) is 3.60. The summed E-state index contributed by atoms with van der Waals surface area (Å²) in [5.74, 6) is -0.866. The van der Waals surface area contributed by atoms with Crippen LogP contribution < -0.4 is 4.90 Å². The minimum atomic E-state index is -4.57. The third kappa shape index (κ3) is 2.44.